The van der Waals surface area contributed by atoms with Gasteiger partial charge in [-0.1, -0.05) is 13.0 Å². The maximum Gasteiger partial charge on any atom is 0.270 e. The van der Waals surface area contributed by atoms with Crippen molar-refractivity contribution in [1.29, 1.82) is 0 Å². The molecular weight excluding hydrogens is 427 g/mol. The number of hydrogen-bond acceptors (Lipinski definition) is 6. The van der Waals surface area contributed by atoms with E-state index in [1.165, 1.54) is 18.2 Å². The summed E-state index contributed by atoms with van der Waals surface area (Å²) in [5, 5.41) is 11.3. The van der Waals surface area contributed by atoms with E-state index in [9.17, 15) is 24.1 Å². The number of anilines is 2. The predicted molar refractivity (Wildman–Crippen MR) is 126 cm³/mol. The summed E-state index contributed by atoms with van der Waals surface area (Å²) in [6.45, 7) is 8.58. The van der Waals surface area contributed by atoms with Crippen LogP contribution in [-0.2, 0) is 4.79 Å². The number of benzene rings is 2. The highest BCUT2D eigenvalue weighted by atomic mass is 19.1. The Morgan fingerprint density at radius 3 is 2.36 bits per heavy atom. The van der Waals surface area contributed by atoms with E-state index in [0.717, 1.165) is 6.29 Å². The molecule has 3 rings (SSSR count). The number of hydrogen-bond donors (Lipinski definition) is 0. The molecule has 8 nitrogen and oxygen atoms in total. The second-order valence-electron chi connectivity index (χ2n) is 8.05. The monoisotopic (exact) mass is 456 g/mol. The smallest absolute Gasteiger partial charge is 0.270 e. The summed E-state index contributed by atoms with van der Waals surface area (Å²) in [4.78, 5) is 40.6. The summed E-state index contributed by atoms with van der Waals surface area (Å²) in [6.07, 6.45) is 0.777. The number of nitro groups is 1. The van der Waals surface area contributed by atoms with Crippen LogP contribution < -0.4 is 9.80 Å². The topological polar surface area (TPSA) is 87.0 Å². The van der Waals surface area contributed by atoms with E-state index in [1.807, 2.05) is 23.6 Å². The molecule has 176 valence electrons. The van der Waals surface area contributed by atoms with E-state index in [0.29, 0.717) is 61.8 Å². The summed E-state index contributed by atoms with van der Waals surface area (Å²) < 4.78 is 14.7. The molecule has 1 unspecified atom stereocenters. The summed E-state index contributed by atoms with van der Waals surface area (Å²) in [5.41, 5.74) is 1.90. The van der Waals surface area contributed by atoms with Crippen molar-refractivity contribution in [2.24, 2.45) is 0 Å². The van der Waals surface area contributed by atoms with Crippen LogP contribution in [0.2, 0.25) is 0 Å². The Morgan fingerprint density at radius 2 is 1.82 bits per heavy atom. The lowest BCUT2D eigenvalue weighted by molar-refractivity contribution is -0.384. The van der Waals surface area contributed by atoms with Crippen LogP contribution in [0, 0.1) is 15.9 Å². The Hall–Kier alpha value is -3.49. The molecule has 1 heterocycles. The molecule has 0 saturated carbocycles. The third-order valence-electron chi connectivity index (χ3n) is 6.13. The first-order valence-corrected chi connectivity index (χ1v) is 11.1. The van der Waals surface area contributed by atoms with Crippen molar-refractivity contribution in [2.75, 3.05) is 49.1 Å². The molecule has 1 aliphatic rings. The Bertz CT molecular complexity index is 1030. The minimum absolute atomic E-state index is 0.125. The molecule has 0 spiro atoms. The van der Waals surface area contributed by atoms with Crippen LogP contribution in [0.1, 0.15) is 42.6 Å². The first kappa shape index (κ1) is 24.2. The van der Waals surface area contributed by atoms with Gasteiger partial charge in [-0.3, -0.25) is 14.9 Å². The van der Waals surface area contributed by atoms with Crippen LogP contribution in [0.4, 0.5) is 21.5 Å². The first-order valence-electron chi connectivity index (χ1n) is 11.1. The summed E-state index contributed by atoms with van der Waals surface area (Å²) in [5.74, 6) is -1.04. The van der Waals surface area contributed by atoms with Crippen molar-refractivity contribution >= 4 is 29.3 Å². The SMILES string of the molecule is CCN(CC)c1ccc([N+](=O)[O-])cc1C(=O)N1CCN(c2ccc(C(C)C=O)cc2F)CC1. The maximum absolute atomic E-state index is 14.7. The average Bonchev–Trinajstić information content (AvgIpc) is 2.84. The fourth-order valence-corrected chi connectivity index (χ4v) is 4.11. The molecule has 0 radical (unpaired) electrons. The van der Waals surface area contributed by atoms with E-state index in [4.69, 9.17) is 0 Å². The molecule has 0 bridgehead atoms. The van der Waals surface area contributed by atoms with Crippen molar-refractivity contribution in [1.82, 2.24) is 4.90 Å². The van der Waals surface area contributed by atoms with Crippen LogP contribution in [0.25, 0.3) is 0 Å². The molecule has 0 aliphatic carbocycles. The minimum Gasteiger partial charge on any atom is -0.371 e. The zero-order chi connectivity index (χ0) is 24.1. The molecule has 1 aliphatic heterocycles. The number of carbonyl (C=O) groups excluding carboxylic acids is 2. The molecule has 0 aromatic heterocycles. The van der Waals surface area contributed by atoms with Crippen molar-refractivity contribution in [3.8, 4) is 0 Å². The molecule has 2 aromatic carbocycles. The molecular formula is C24H29FN4O4. The predicted octanol–water partition coefficient (Wildman–Crippen LogP) is 3.84. The fraction of sp³-hybridized carbons (Fsp3) is 0.417. The normalized spacial score (nSPS) is 14.7. The average molecular weight is 457 g/mol. The molecule has 1 amide bonds. The Balaban J connectivity index is 1.79. The van der Waals surface area contributed by atoms with Gasteiger partial charge in [-0.05, 0) is 37.6 Å². The number of aldehydes is 1. The third kappa shape index (κ3) is 5.13. The van der Waals surface area contributed by atoms with E-state index in [1.54, 1.807) is 30.0 Å². The Kier molecular flexibility index (Phi) is 7.63. The zero-order valence-electron chi connectivity index (χ0n) is 19.2. The van der Waals surface area contributed by atoms with Gasteiger partial charge in [0.2, 0.25) is 0 Å². The number of piperazine rings is 1. The van der Waals surface area contributed by atoms with Crippen molar-refractivity contribution in [3.05, 3.63) is 63.5 Å². The van der Waals surface area contributed by atoms with Gasteiger partial charge in [-0.2, -0.15) is 0 Å². The van der Waals surface area contributed by atoms with Gasteiger partial charge in [-0.15, -0.1) is 0 Å². The molecule has 0 N–H and O–H groups in total. The van der Waals surface area contributed by atoms with Gasteiger partial charge < -0.3 is 19.5 Å². The van der Waals surface area contributed by atoms with Gasteiger partial charge in [-0.25, -0.2) is 4.39 Å². The molecule has 1 atom stereocenters. The second kappa shape index (κ2) is 10.4. The lowest BCUT2D eigenvalue weighted by Gasteiger charge is -2.37. The van der Waals surface area contributed by atoms with Crippen molar-refractivity contribution in [3.63, 3.8) is 0 Å². The van der Waals surface area contributed by atoms with E-state index in [2.05, 4.69) is 0 Å². The molecule has 9 heteroatoms. The highest BCUT2D eigenvalue weighted by Gasteiger charge is 2.27. The largest absolute Gasteiger partial charge is 0.371 e. The Morgan fingerprint density at radius 1 is 1.15 bits per heavy atom. The van der Waals surface area contributed by atoms with Crippen molar-refractivity contribution < 1.29 is 18.9 Å². The highest BCUT2D eigenvalue weighted by Crippen LogP contribution is 2.29. The van der Waals surface area contributed by atoms with Gasteiger partial charge in [0.1, 0.15) is 12.1 Å². The van der Waals surface area contributed by atoms with E-state index >= 15 is 0 Å². The van der Waals surface area contributed by atoms with Crippen molar-refractivity contribution in [2.45, 2.75) is 26.7 Å². The fourth-order valence-electron chi connectivity index (χ4n) is 4.11. The van der Waals surface area contributed by atoms with Crippen LogP contribution in [0.15, 0.2) is 36.4 Å². The minimum atomic E-state index is -0.501. The molecule has 33 heavy (non-hydrogen) atoms. The second-order valence-corrected chi connectivity index (χ2v) is 8.05. The number of amides is 1. The number of non-ortho nitro benzene ring substituents is 1. The first-order chi connectivity index (χ1) is 15.8. The van der Waals surface area contributed by atoms with Crippen LogP contribution >= 0.6 is 0 Å². The number of halogens is 1. The lowest BCUT2D eigenvalue weighted by Crippen LogP contribution is -2.49. The summed E-state index contributed by atoms with van der Waals surface area (Å²) in [6, 6.07) is 9.18. The molecule has 1 fully saturated rings. The number of rotatable bonds is 8. The van der Waals surface area contributed by atoms with Gasteiger partial charge in [0.05, 0.1) is 21.9 Å². The number of nitro benzene ring substituents is 1. The van der Waals surface area contributed by atoms with Gasteiger partial charge in [0, 0.05) is 57.3 Å². The molecule has 2 aromatic rings. The quantitative estimate of drug-likeness (QED) is 0.341. The standard InChI is InChI=1S/C24H29FN4O4/c1-4-26(5-2)22-9-7-19(29(32)33)15-20(22)24(31)28-12-10-27(11-13-28)23-8-6-18(14-21(23)25)17(3)16-30/h6-9,14-17H,4-5,10-13H2,1-3H3. The number of nitrogens with zero attached hydrogens (tertiary/aromatic N) is 4. The maximum atomic E-state index is 14.7. The van der Waals surface area contributed by atoms with Gasteiger partial charge >= 0.3 is 0 Å². The zero-order valence-corrected chi connectivity index (χ0v) is 19.2. The van der Waals surface area contributed by atoms with Crippen LogP contribution in [0.5, 0.6) is 0 Å². The van der Waals surface area contributed by atoms with Crippen LogP contribution in [0.3, 0.4) is 0 Å². The number of carbonyl (C=O) groups is 2. The van der Waals surface area contributed by atoms with Gasteiger partial charge in [0.25, 0.3) is 11.6 Å². The van der Waals surface area contributed by atoms with Gasteiger partial charge in [0.15, 0.2) is 0 Å². The van der Waals surface area contributed by atoms with E-state index < -0.39 is 10.7 Å². The summed E-state index contributed by atoms with van der Waals surface area (Å²) >= 11 is 0. The molecule has 1 saturated heterocycles. The lowest BCUT2D eigenvalue weighted by atomic mass is 10.0. The summed E-state index contributed by atoms with van der Waals surface area (Å²) in [7, 11) is 0. The van der Waals surface area contributed by atoms with Crippen LogP contribution in [-0.4, -0.2) is 61.3 Å². The highest BCUT2D eigenvalue weighted by molar-refractivity contribution is 6.00. The van der Waals surface area contributed by atoms with E-state index in [-0.39, 0.29) is 17.5 Å². The Labute approximate surface area is 192 Å². The third-order valence-corrected chi connectivity index (χ3v) is 6.13.